The van der Waals surface area contributed by atoms with E-state index in [0.717, 1.165) is 18.4 Å². The van der Waals surface area contributed by atoms with Crippen LogP contribution in [0.4, 0.5) is 10.1 Å². The van der Waals surface area contributed by atoms with Gasteiger partial charge in [-0.2, -0.15) is 0 Å². The number of benzene rings is 2. The van der Waals surface area contributed by atoms with E-state index < -0.39 is 5.82 Å². The Morgan fingerprint density at radius 3 is 2.29 bits per heavy atom. The van der Waals surface area contributed by atoms with Crippen LogP contribution in [0.25, 0.3) is 0 Å². The highest BCUT2D eigenvalue weighted by atomic mass is 19.1. The van der Waals surface area contributed by atoms with Crippen molar-refractivity contribution in [2.75, 3.05) is 11.9 Å². The summed E-state index contributed by atoms with van der Waals surface area (Å²) in [6.07, 6.45) is 1.79. The second-order valence-electron chi connectivity index (χ2n) is 6.86. The van der Waals surface area contributed by atoms with Gasteiger partial charge in [-0.3, -0.25) is 14.4 Å². The van der Waals surface area contributed by atoms with Crippen LogP contribution in [0.5, 0.6) is 0 Å². The van der Waals surface area contributed by atoms with Crippen molar-refractivity contribution in [1.29, 1.82) is 0 Å². The van der Waals surface area contributed by atoms with Crippen molar-refractivity contribution in [3.05, 3.63) is 65.5 Å². The van der Waals surface area contributed by atoms with E-state index in [2.05, 4.69) is 16.0 Å². The van der Waals surface area contributed by atoms with Crippen LogP contribution in [0.15, 0.2) is 48.5 Å². The fourth-order valence-corrected chi connectivity index (χ4v) is 2.69. The molecule has 2 aromatic rings. The second-order valence-corrected chi connectivity index (χ2v) is 6.86. The Morgan fingerprint density at radius 2 is 1.68 bits per heavy atom. The highest BCUT2D eigenvalue weighted by Crippen LogP contribution is 2.28. The van der Waals surface area contributed by atoms with Crippen LogP contribution in [-0.4, -0.2) is 24.3 Å². The Hall–Kier alpha value is -3.22. The van der Waals surface area contributed by atoms with Crippen LogP contribution < -0.4 is 16.0 Å². The third-order valence-corrected chi connectivity index (χ3v) is 4.52. The Labute approximate surface area is 162 Å². The largest absolute Gasteiger partial charge is 0.348 e. The summed E-state index contributed by atoms with van der Waals surface area (Å²) in [6.45, 7) is 1.80. The van der Waals surface area contributed by atoms with Gasteiger partial charge in [0.05, 0.1) is 12.6 Å². The quantitative estimate of drug-likeness (QED) is 0.687. The number of hydrogen-bond donors (Lipinski definition) is 3. The summed E-state index contributed by atoms with van der Waals surface area (Å²) in [5.41, 5.74) is 1.81. The number of carbonyl (C=O) groups excluding carboxylic acids is 3. The number of amides is 3. The predicted molar refractivity (Wildman–Crippen MR) is 103 cm³/mol. The molecule has 3 N–H and O–H groups in total. The lowest BCUT2D eigenvalue weighted by molar-refractivity contribution is -0.127. The molecule has 1 fully saturated rings. The molecule has 0 heterocycles. The lowest BCUT2D eigenvalue weighted by Gasteiger charge is -2.15. The van der Waals surface area contributed by atoms with E-state index in [0.29, 0.717) is 11.3 Å². The highest BCUT2D eigenvalue weighted by molar-refractivity contribution is 6.04. The van der Waals surface area contributed by atoms with Crippen LogP contribution in [-0.2, 0) is 9.59 Å². The molecule has 1 unspecified atom stereocenters. The number of anilines is 1. The van der Waals surface area contributed by atoms with Crippen molar-refractivity contribution in [1.82, 2.24) is 10.6 Å². The molecule has 0 bridgehead atoms. The van der Waals surface area contributed by atoms with E-state index >= 15 is 0 Å². The van der Waals surface area contributed by atoms with Crippen molar-refractivity contribution >= 4 is 23.4 Å². The van der Waals surface area contributed by atoms with Gasteiger partial charge in [0.25, 0.3) is 5.91 Å². The minimum atomic E-state index is -0.399. The van der Waals surface area contributed by atoms with E-state index in [1.54, 1.807) is 24.3 Å². The van der Waals surface area contributed by atoms with Gasteiger partial charge >= 0.3 is 0 Å². The zero-order valence-corrected chi connectivity index (χ0v) is 15.5. The van der Waals surface area contributed by atoms with Crippen LogP contribution >= 0.6 is 0 Å². The van der Waals surface area contributed by atoms with E-state index in [1.165, 1.54) is 24.3 Å². The van der Waals surface area contributed by atoms with Gasteiger partial charge in [0, 0.05) is 17.2 Å². The third kappa shape index (κ3) is 5.39. The molecule has 2 aromatic carbocycles. The van der Waals surface area contributed by atoms with Gasteiger partial charge in [0.2, 0.25) is 11.8 Å². The summed E-state index contributed by atoms with van der Waals surface area (Å²) in [6, 6.07) is 12.1. The molecule has 3 rings (SSSR count). The van der Waals surface area contributed by atoms with Gasteiger partial charge in [-0.1, -0.05) is 12.1 Å². The van der Waals surface area contributed by atoms with Crippen LogP contribution in [0.3, 0.4) is 0 Å². The maximum Gasteiger partial charge on any atom is 0.255 e. The van der Waals surface area contributed by atoms with Crippen molar-refractivity contribution in [3.63, 3.8) is 0 Å². The number of carbonyl (C=O) groups is 3. The Bertz CT molecular complexity index is 861. The molecule has 0 spiro atoms. The molecular weight excluding hydrogens is 361 g/mol. The normalized spacial score (nSPS) is 14.1. The molecule has 1 aliphatic rings. The average Bonchev–Trinajstić information content (AvgIpc) is 3.52. The van der Waals surface area contributed by atoms with Gasteiger partial charge in [0.1, 0.15) is 5.82 Å². The van der Waals surface area contributed by atoms with Gasteiger partial charge in [-0.25, -0.2) is 4.39 Å². The van der Waals surface area contributed by atoms with E-state index in [4.69, 9.17) is 0 Å². The van der Waals surface area contributed by atoms with Crippen molar-refractivity contribution in [3.8, 4) is 0 Å². The van der Waals surface area contributed by atoms with E-state index in [1.807, 2.05) is 6.92 Å². The zero-order chi connectivity index (χ0) is 20.1. The number of nitrogens with one attached hydrogen (secondary N) is 3. The van der Waals surface area contributed by atoms with Gasteiger partial charge in [-0.05, 0) is 61.7 Å². The molecule has 0 aliphatic heterocycles. The van der Waals surface area contributed by atoms with Gasteiger partial charge < -0.3 is 16.0 Å². The van der Waals surface area contributed by atoms with Crippen LogP contribution in [0.2, 0.25) is 0 Å². The smallest absolute Gasteiger partial charge is 0.255 e. The monoisotopic (exact) mass is 383 g/mol. The predicted octanol–water partition coefficient (Wildman–Crippen LogP) is 2.78. The standard InChI is InChI=1S/C21H22FN3O3/c1-13(24-19(26)12-23-20(27)15-2-3-15)14-6-10-18(11-7-14)25-21(28)16-4-8-17(22)9-5-16/h4-11,13,15H,2-3,12H2,1H3,(H,23,27)(H,24,26)(H,25,28). The molecule has 3 amide bonds. The van der Waals surface area contributed by atoms with Gasteiger partial charge in [0.15, 0.2) is 0 Å². The summed E-state index contributed by atoms with van der Waals surface area (Å²) >= 11 is 0. The first-order chi connectivity index (χ1) is 13.4. The molecule has 0 aromatic heterocycles. The van der Waals surface area contributed by atoms with Crippen LogP contribution in [0, 0.1) is 11.7 Å². The first-order valence-electron chi connectivity index (χ1n) is 9.16. The fourth-order valence-electron chi connectivity index (χ4n) is 2.69. The minimum Gasteiger partial charge on any atom is -0.348 e. The summed E-state index contributed by atoms with van der Waals surface area (Å²) in [5, 5.41) is 8.19. The molecule has 1 atom stereocenters. The number of halogens is 1. The van der Waals surface area contributed by atoms with Crippen molar-refractivity contribution in [2.24, 2.45) is 5.92 Å². The average molecular weight is 383 g/mol. The SMILES string of the molecule is CC(NC(=O)CNC(=O)C1CC1)c1ccc(NC(=O)c2ccc(F)cc2)cc1. The first kappa shape index (κ1) is 19.5. The highest BCUT2D eigenvalue weighted by Gasteiger charge is 2.29. The van der Waals surface area contributed by atoms with Gasteiger partial charge in [-0.15, -0.1) is 0 Å². The summed E-state index contributed by atoms with van der Waals surface area (Å²) in [7, 11) is 0. The summed E-state index contributed by atoms with van der Waals surface area (Å²) in [5.74, 6) is -0.980. The molecule has 6 nitrogen and oxygen atoms in total. The maximum absolute atomic E-state index is 12.9. The van der Waals surface area contributed by atoms with Crippen molar-refractivity contribution < 1.29 is 18.8 Å². The lowest BCUT2D eigenvalue weighted by Crippen LogP contribution is -2.38. The molecule has 0 saturated heterocycles. The molecule has 7 heteroatoms. The Morgan fingerprint density at radius 1 is 1.04 bits per heavy atom. The first-order valence-corrected chi connectivity index (χ1v) is 9.16. The lowest BCUT2D eigenvalue weighted by atomic mass is 10.1. The molecule has 1 saturated carbocycles. The minimum absolute atomic E-state index is 0.0362. The van der Waals surface area contributed by atoms with Crippen LogP contribution in [0.1, 0.15) is 41.7 Å². The molecule has 0 radical (unpaired) electrons. The van der Waals surface area contributed by atoms with E-state index in [9.17, 15) is 18.8 Å². The number of rotatable bonds is 7. The maximum atomic E-state index is 12.9. The summed E-state index contributed by atoms with van der Waals surface area (Å²) < 4.78 is 12.9. The topological polar surface area (TPSA) is 87.3 Å². The van der Waals surface area contributed by atoms with Crippen molar-refractivity contribution in [2.45, 2.75) is 25.8 Å². The fraction of sp³-hybridized carbons (Fsp3) is 0.286. The second kappa shape index (κ2) is 8.65. The summed E-state index contributed by atoms with van der Waals surface area (Å²) in [4.78, 5) is 35.7. The number of hydrogen-bond acceptors (Lipinski definition) is 3. The Kier molecular flexibility index (Phi) is 6.03. The molecular formula is C21H22FN3O3. The molecule has 146 valence electrons. The Balaban J connectivity index is 1.49. The third-order valence-electron chi connectivity index (χ3n) is 4.52. The van der Waals surface area contributed by atoms with E-state index in [-0.39, 0.29) is 36.2 Å². The molecule has 1 aliphatic carbocycles. The molecule has 28 heavy (non-hydrogen) atoms. The zero-order valence-electron chi connectivity index (χ0n) is 15.5.